The van der Waals surface area contributed by atoms with Gasteiger partial charge in [-0.15, -0.1) is 11.3 Å². The van der Waals surface area contributed by atoms with Crippen LogP contribution in [0.1, 0.15) is 0 Å². The fourth-order valence-electron chi connectivity index (χ4n) is 6.88. The van der Waals surface area contributed by atoms with Crippen LogP contribution in [0, 0.1) is 0 Å². The van der Waals surface area contributed by atoms with Crippen molar-refractivity contribution in [1.29, 1.82) is 0 Å². The number of nitrogens with zero attached hydrogens (tertiary/aromatic N) is 6. The molecule has 4 aromatic heterocycles. The van der Waals surface area contributed by atoms with Gasteiger partial charge in [0.25, 0.3) is 0 Å². The van der Waals surface area contributed by atoms with Crippen molar-refractivity contribution in [2.24, 2.45) is 0 Å². The molecule has 0 spiro atoms. The van der Waals surface area contributed by atoms with Gasteiger partial charge >= 0.3 is 0 Å². The van der Waals surface area contributed by atoms with Gasteiger partial charge in [-0.2, -0.15) is 0 Å². The van der Waals surface area contributed by atoms with E-state index in [1.165, 1.54) is 21.8 Å². The summed E-state index contributed by atoms with van der Waals surface area (Å²) >= 11 is 1.66. The Hall–Kier alpha value is -6.57. The van der Waals surface area contributed by atoms with Crippen molar-refractivity contribution in [3.8, 4) is 51.1 Å². The molecule has 0 aliphatic carbocycles. The highest BCUT2D eigenvalue weighted by Crippen LogP contribution is 2.41. The maximum Gasteiger partial charge on any atom is 0.183 e. The number of benzene rings is 6. The maximum absolute atomic E-state index is 4.97. The molecule has 0 radical (unpaired) electrons. The summed E-state index contributed by atoms with van der Waals surface area (Å²) in [5.74, 6) is 1.73. The first-order valence-corrected chi connectivity index (χ1v) is 17.2. The lowest BCUT2D eigenvalue weighted by molar-refractivity contribution is 1.06. The Labute approximate surface area is 291 Å². The van der Waals surface area contributed by atoms with Gasteiger partial charge in [-0.05, 0) is 47.5 Å². The quantitative estimate of drug-likeness (QED) is 0.184. The van der Waals surface area contributed by atoms with E-state index in [1.54, 1.807) is 17.7 Å². The summed E-state index contributed by atoms with van der Waals surface area (Å²) < 4.78 is 3.48. The van der Waals surface area contributed by atoms with Gasteiger partial charge in [0.15, 0.2) is 17.5 Å². The van der Waals surface area contributed by atoms with Crippen molar-refractivity contribution >= 4 is 53.4 Å². The normalized spacial score (nSPS) is 11.6. The van der Waals surface area contributed by atoms with E-state index in [2.05, 4.69) is 95.6 Å². The third-order valence-corrected chi connectivity index (χ3v) is 10.3. The smallest absolute Gasteiger partial charge is 0.183 e. The van der Waals surface area contributed by atoms with E-state index in [9.17, 15) is 0 Å². The highest BCUT2D eigenvalue weighted by molar-refractivity contribution is 7.25. The highest BCUT2D eigenvalue weighted by Gasteiger charge is 2.20. The molecule has 0 unspecified atom stereocenters. The van der Waals surface area contributed by atoms with E-state index in [0.29, 0.717) is 23.2 Å². The first-order chi connectivity index (χ1) is 24.8. The Morgan fingerprint density at radius 3 is 1.78 bits per heavy atom. The van der Waals surface area contributed by atoms with Crippen LogP contribution in [0.25, 0.3) is 93.2 Å². The lowest BCUT2D eigenvalue weighted by atomic mass is 10.0. The van der Waals surface area contributed by atoms with Crippen LogP contribution in [0.2, 0.25) is 0 Å². The van der Waals surface area contributed by atoms with Gasteiger partial charge in [0.2, 0.25) is 0 Å². The first kappa shape index (κ1) is 28.4. The van der Waals surface area contributed by atoms with Gasteiger partial charge in [0.1, 0.15) is 16.9 Å². The number of para-hydroxylation sites is 2. The fraction of sp³-hybridized carbons (Fsp3) is 0. The third kappa shape index (κ3) is 4.67. The molecule has 0 fully saturated rings. The van der Waals surface area contributed by atoms with Crippen LogP contribution in [0.15, 0.2) is 158 Å². The first-order valence-electron chi connectivity index (χ1n) is 16.4. The molecule has 0 aliphatic rings. The van der Waals surface area contributed by atoms with Gasteiger partial charge in [0, 0.05) is 43.1 Å². The van der Waals surface area contributed by atoms with Crippen molar-refractivity contribution < 1.29 is 0 Å². The van der Waals surface area contributed by atoms with E-state index in [-0.39, 0.29) is 0 Å². The Kier molecular flexibility index (Phi) is 6.57. The molecule has 6 nitrogen and oxygen atoms in total. The molecule has 0 saturated carbocycles. The molecule has 0 amide bonds. The second-order valence-corrected chi connectivity index (χ2v) is 13.2. The molecule has 0 atom stereocenters. The minimum atomic E-state index is 0.522. The second kappa shape index (κ2) is 11.5. The van der Waals surface area contributed by atoms with E-state index in [4.69, 9.17) is 24.9 Å². The molecule has 234 valence electrons. The van der Waals surface area contributed by atoms with E-state index in [1.807, 2.05) is 60.7 Å². The van der Waals surface area contributed by atoms with Crippen LogP contribution in [-0.2, 0) is 0 Å². The Bertz CT molecular complexity index is 2810. The topological polar surface area (TPSA) is 69.4 Å². The third-order valence-electron chi connectivity index (χ3n) is 9.20. The molecule has 7 heteroatoms. The van der Waals surface area contributed by atoms with Crippen molar-refractivity contribution in [3.05, 3.63) is 158 Å². The zero-order valence-corrected chi connectivity index (χ0v) is 27.4. The van der Waals surface area contributed by atoms with Gasteiger partial charge in [-0.3, -0.25) is 0 Å². The Morgan fingerprint density at radius 1 is 0.440 bits per heavy atom. The standard InChI is InChI=1S/C43H26N6S/c1-4-12-27(13-5-1)40-46-41(28-14-6-2-7-15-28)48-42(47-40)39-38-33-22-20-30(25-37(33)50-43(38)45-26-44-39)29-21-23-36-34(24-29)32-18-10-11-19-35(32)49(36)31-16-8-3-9-17-31/h1-26H. The van der Waals surface area contributed by atoms with Crippen molar-refractivity contribution in [2.45, 2.75) is 0 Å². The Balaban J connectivity index is 1.12. The monoisotopic (exact) mass is 658 g/mol. The molecule has 6 aromatic carbocycles. The molecule has 0 aliphatic heterocycles. The van der Waals surface area contributed by atoms with Crippen LogP contribution in [0.3, 0.4) is 0 Å². The minimum absolute atomic E-state index is 0.522. The molecule has 10 rings (SSSR count). The van der Waals surface area contributed by atoms with Crippen molar-refractivity contribution in [3.63, 3.8) is 0 Å². The molecule has 0 bridgehead atoms. The predicted octanol–water partition coefficient (Wildman–Crippen LogP) is 10.8. The average molecular weight is 659 g/mol. The van der Waals surface area contributed by atoms with Gasteiger partial charge in [-0.1, -0.05) is 115 Å². The SMILES string of the molecule is c1ccc(-c2nc(-c3ccccc3)nc(-c3ncnc4sc5cc(-c6ccc7c(c6)c6ccccc6n7-c6ccccc6)ccc5c34)n2)cc1. The summed E-state index contributed by atoms with van der Waals surface area (Å²) in [5, 5.41) is 4.49. The van der Waals surface area contributed by atoms with Crippen LogP contribution in [0.5, 0.6) is 0 Å². The van der Waals surface area contributed by atoms with Crippen molar-refractivity contribution in [2.75, 3.05) is 0 Å². The van der Waals surface area contributed by atoms with Crippen LogP contribution >= 0.6 is 11.3 Å². The fourth-order valence-corrected chi connectivity index (χ4v) is 7.96. The zero-order chi connectivity index (χ0) is 33.0. The second-order valence-electron chi connectivity index (χ2n) is 12.2. The number of hydrogen-bond acceptors (Lipinski definition) is 6. The molecule has 10 aromatic rings. The van der Waals surface area contributed by atoms with Crippen molar-refractivity contribution in [1.82, 2.24) is 29.5 Å². The zero-order valence-electron chi connectivity index (χ0n) is 26.6. The molecular formula is C43H26N6S. The van der Waals surface area contributed by atoms with E-state index >= 15 is 0 Å². The number of hydrogen-bond donors (Lipinski definition) is 0. The lowest BCUT2D eigenvalue weighted by Crippen LogP contribution is -2.01. The maximum atomic E-state index is 4.97. The molecular weight excluding hydrogens is 633 g/mol. The van der Waals surface area contributed by atoms with Gasteiger partial charge < -0.3 is 4.57 Å². The largest absolute Gasteiger partial charge is 0.309 e. The number of aromatic nitrogens is 6. The summed E-state index contributed by atoms with van der Waals surface area (Å²) in [7, 11) is 0. The van der Waals surface area contributed by atoms with Gasteiger partial charge in [-0.25, -0.2) is 24.9 Å². The molecule has 0 saturated heterocycles. The van der Waals surface area contributed by atoms with Crippen LogP contribution in [-0.4, -0.2) is 29.5 Å². The summed E-state index contributed by atoms with van der Waals surface area (Å²) in [6.07, 6.45) is 1.61. The van der Waals surface area contributed by atoms with E-state index in [0.717, 1.165) is 48.2 Å². The molecule has 4 heterocycles. The molecule has 50 heavy (non-hydrogen) atoms. The Morgan fingerprint density at radius 2 is 1.04 bits per heavy atom. The number of thiophene rings is 1. The summed E-state index contributed by atoms with van der Waals surface area (Å²) in [4.78, 5) is 25.2. The summed E-state index contributed by atoms with van der Waals surface area (Å²) in [6.45, 7) is 0. The predicted molar refractivity (Wildman–Crippen MR) is 204 cm³/mol. The average Bonchev–Trinajstić information content (AvgIpc) is 3.74. The van der Waals surface area contributed by atoms with Gasteiger partial charge in [0.05, 0.1) is 11.0 Å². The summed E-state index contributed by atoms with van der Waals surface area (Å²) in [6, 6.07) is 52.6. The number of rotatable bonds is 5. The van der Waals surface area contributed by atoms with Crippen LogP contribution < -0.4 is 0 Å². The lowest BCUT2D eigenvalue weighted by Gasteiger charge is -2.09. The van der Waals surface area contributed by atoms with Crippen LogP contribution in [0.4, 0.5) is 0 Å². The minimum Gasteiger partial charge on any atom is -0.309 e. The summed E-state index contributed by atoms with van der Waals surface area (Å²) in [5.41, 5.74) is 8.38. The highest BCUT2D eigenvalue weighted by atomic mass is 32.1. The van der Waals surface area contributed by atoms with E-state index < -0.39 is 0 Å². The number of fused-ring (bicyclic) bond motifs is 6. The molecule has 0 N–H and O–H groups in total.